The summed E-state index contributed by atoms with van der Waals surface area (Å²) in [6, 6.07) is 9.70. The molecule has 1 amide bonds. The van der Waals surface area contributed by atoms with Gasteiger partial charge in [-0.05, 0) is 30.9 Å². The van der Waals surface area contributed by atoms with E-state index in [1.165, 1.54) is 0 Å². The topological polar surface area (TPSA) is 56.5 Å². The number of ether oxygens (including phenoxy) is 1. The Kier molecular flexibility index (Phi) is 7.56. The van der Waals surface area contributed by atoms with Gasteiger partial charge in [0.2, 0.25) is 5.88 Å². The molecule has 1 heterocycles. The van der Waals surface area contributed by atoms with Gasteiger partial charge in [0.1, 0.15) is 0 Å². The van der Waals surface area contributed by atoms with Gasteiger partial charge < -0.3 is 4.74 Å². The molecule has 1 aliphatic carbocycles. The summed E-state index contributed by atoms with van der Waals surface area (Å²) >= 11 is 0. The Morgan fingerprint density at radius 3 is 2.79 bits per heavy atom. The summed E-state index contributed by atoms with van der Waals surface area (Å²) in [5.41, 5.74) is 2.09. The summed E-state index contributed by atoms with van der Waals surface area (Å²) in [6.45, 7) is 4.79. The number of allylic oxidation sites excluding steroid dienone is 4. The lowest BCUT2D eigenvalue weighted by Gasteiger charge is -2.18. The maximum Gasteiger partial charge on any atom is 0.250 e. The third-order valence-electron chi connectivity index (χ3n) is 4.89. The highest BCUT2D eigenvalue weighted by Gasteiger charge is 2.12. The molecule has 5 nitrogen and oxygen atoms in total. The van der Waals surface area contributed by atoms with Crippen molar-refractivity contribution in [1.82, 2.24) is 9.78 Å². The van der Waals surface area contributed by atoms with Gasteiger partial charge in [-0.25, -0.2) is 9.67 Å². The average molecular weight is 392 g/mol. The number of hydrogen-bond donors (Lipinski definition) is 0. The van der Waals surface area contributed by atoms with Crippen LogP contribution in [0.5, 0.6) is 5.88 Å². The van der Waals surface area contributed by atoms with E-state index in [1.54, 1.807) is 6.20 Å². The molecular formula is C24H29N3O2. The third kappa shape index (κ3) is 6.01. The maximum absolute atomic E-state index is 12.5. The molecule has 3 rings (SSSR count). The highest BCUT2D eigenvalue weighted by Crippen LogP contribution is 2.20. The molecule has 0 unspecified atom stereocenters. The van der Waals surface area contributed by atoms with E-state index in [-0.39, 0.29) is 18.4 Å². The first kappa shape index (κ1) is 20.8. The zero-order chi connectivity index (χ0) is 20.5. The first-order valence-electron chi connectivity index (χ1n) is 10.3. The molecule has 2 aromatic rings. The SMILES string of the molecule is CCCCCOc1cc(=NC(=O)Cc2ccccc2C)cnn1C1C=CCC=C1. The fraction of sp³-hybridized carbons (Fsp3) is 0.375. The Morgan fingerprint density at radius 1 is 1.24 bits per heavy atom. The molecule has 1 aromatic carbocycles. The fourth-order valence-electron chi connectivity index (χ4n) is 3.23. The Morgan fingerprint density at radius 2 is 2.03 bits per heavy atom. The number of unbranched alkanes of at least 4 members (excludes halogenated alkanes) is 2. The molecule has 1 aliphatic rings. The minimum absolute atomic E-state index is 0.0154. The van der Waals surface area contributed by atoms with Gasteiger partial charge in [0, 0.05) is 6.07 Å². The van der Waals surface area contributed by atoms with Crippen molar-refractivity contribution in [2.75, 3.05) is 6.61 Å². The van der Waals surface area contributed by atoms with Crippen molar-refractivity contribution in [1.29, 1.82) is 0 Å². The quantitative estimate of drug-likeness (QED) is 0.492. The summed E-state index contributed by atoms with van der Waals surface area (Å²) in [5.74, 6) is 0.445. The summed E-state index contributed by atoms with van der Waals surface area (Å²) in [5, 5.41) is 5.04. The number of hydrogen-bond acceptors (Lipinski definition) is 3. The lowest BCUT2D eigenvalue weighted by Crippen LogP contribution is -2.19. The van der Waals surface area contributed by atoms with Crippen molar-refractivity contribution in [3.05, 3.63) is 77.3 Å². The van der Waals surface area contributed by atoms with E-state index in [0.717, 1.165) is 36.8 Å². The third-order valence-corrected chi connectivity index (χ3v) is 4.89. The van der Waals surface area contributed by atoms with Gasteiger partial charge in [-0.15, -0.1) is 0 Å². The first-order chi connectivity index (χ1) is 14.2. The van der Waals surface area contributed by atoms with Crippen LogP contribution < -0.4 is 10.1 Å². The first-order valence-corrected chi connectivity index (χ1v) is 10.3. The second kappa shape index (κ2) is 10.6. The molecule has 0 saturated carbocycles. The molecule has 5 heteroatoms. The molecular weight excluding hydrogens is 362 g/mol. The van der Waals surface area contributed by atoms with E-state index in [0.29, 0.717) is 17.8 Å². The van der Waals surface area contributed by atoms with Crippen molar-refractivity contribution < 1.29 is 9.53 Å². The summed E-state index contributed by atoms with van der Waals surface area (Å²) in [6.07, 6.45) is 14.5. The van der Waals surface area contributed by atoms with Gasteiger partial charge in [0.15, 0.2) is 0 Å². The second-order valence-electron chi connectivity index (χ2n) is 7.24. The minimum Gasteiger partial charge on any atom is -0.478 e. The number of benzene rings is 1. The summed E-state index contributed by atoms with van der Waals surface area (Å²) < 4.78 is 7.85. The number of rotatable bonds is 8. The van der Waals surface area contributed by atoms with Crippen LogP contribution in [0.4, 0.5) is 0 Å². The number of carbonyl (C=O) groups excluding carboxylic acids is 1. The van der Waals surface area contributed by atoms with E-state index in [1.807, 2.05) is 41.9 Å². The van der Waals surface area contributed by atoms with E-state index >= 15 is 0 Å². The van der Waals surface area contributed by atoms with E-state index in [2.05, 4.69) is 41.3 Å². The largest absolute Gasteiger partial charge is 0.478 e. The van der Waals surface area contributed by atoms with Crippen molar-refractivity contribution in [2.45, 2.75) is 52.0 Å². The number of aromatic nitrogens is 2. The van der Waals surface area contributed by atoms with Crippen LogP contribution in [0, 0.1) is 6.92 Å². The van der Waals surface area contributed by atoms with Crippen LogP contribution in [-0.2, 0) is 11.2 Å². The number of amides is 1. The van der Waals surface area contributed by atoms with Crippen LogP contribution >= 0.6 is 0 Å². The van der Waals surface area contributed by atoms with Gasteiger partial charge in [-0.2, -0.15) is 5.10 Å². The molecule has 0 saturated heterocycles. The lowest BCUT2D eigenvalue weighted by atomic mass is 10.1. The van der Waals surface area contributed by atoms with Crippen LogP contribution in [0.3, 0.4) is 0 Å². The van der Waals surface area contributed by atoms with Crippen LogP contribution in [0.1, 0.15) is 49.8 Å². The van der Waals surface area contributed by atoms with Crippen LogP contribution in [-0.4, -0.2) is 22.3 Å². The second-order valence-corrected chi connectivity index (χ2v) is 7.24. The zero-order valence-electron chi connectivity index (χ0n) is 17.3. The van der Waals surface area contributed by atoms with Crippen molar-refractivity contribution in [3.63, 3.8) is 0 Å². The molecule has 152 valence electrons. The predicted octanol–water partition coefficient (Wildman–Crippen LogP) is 4.49. The minimum atomic E-state index is -0.187. The molecule has 0 spiro atoms. The molecule has 29 heavy (non-hydrogen) atoms. The highest BCUT2D eigenvalue weighted by molar-refractivity contribution is 5.79. The Hall–Kier alpha value is -2.95. The van der Waals surface area contributed by atoms with Gasteiger partial charge in [0.05, 0.1) is 30.6 Å². The molecule has 0 bridgehead atoms. The van der Waals surface area contributed by atoms with Crippen molar-refractivity contribution in [3.8, 4) is 5.88 Å². The fourth-order valence-corrected chi connectivity index (χ4v) is 3.23. The number of aryl methyl sites for hydroxylation is 1. The van der Waals surface area contributed by atoms with Gasteiger partial charge in [-0.1, -0.05) is 68.3 Å². The molecule has 0 radical (unpaired) electrons. The van der Waals surface area contributed by atoms with Crippen LogP contribution in [0.15, 0.2) is 65.8 Å². The molecule has 0 fully saturated rings. The number of carbonyl (C=O) groups is 1. The standard InChI is InChI=1S/C24H29N3O2/c1-3-4-10-15-29-24-17-21(18-25-27(24)22-13-6-5-7-14-22)26-23(28)16-20-12-9-8-11-19(20)2/h6-9,11-14,17-18,22H,3-5,10,15-16H2,1-2H3. The van der Waals surface area contributed by atoms with Gasteiger partial charge >= 0.3 is 0 Å². The Bertz CT molecular complexity index is 945. The van der Waals surface area contributed by atoms with Crippen molar-refractivity contribution >= 4 is 5.91 Å². The molecule has 0 atom stereocenters. The number of nitrogens with zero attached hydrogens (tertiary/aromatic N) is 3. The smallest absolute Gasteiger partial charge is 0.250 e. The average Bonchev–Trinajstić information content (AvgIpc) is 2.74. The van der Waals surface area contributed by atoms with E-state index in [4.69, 9.17) is 4.74 Å². The molecule has 0 aliphatic heterocycles. The van der Waals surface area contributed by atoms with Gasteiger partial charge in [0.25, 0.3) is 5.91 Å². The van der Waals surface area contributed by atoms with Gasteiger partial charge in [-0.3, -0.25) is 4.79 Å². The summed E-state index contributed by atoms with van der Waals surface area (Å²) in [4.78, 5) is 16.7. The highest BCUT2D eigenvalue weighted by atomic mass is 16.5. The van der Waals surface area contributed by atoms with Crippen LogP contribution in [0.2, 0.25) is 0 Å². The van der Waals surface area contributed by atoms with E-state index in [9.17, 15) is 4.79 Å². The lowest BCUT2D eigenvalue weighted by molar-refractivity contribution is -0.117. The Balaban J connectivity index is 1.82. The monoisotopic (exact) mass is 391 g/mol. The summed E-state index contributed by atoms with van der Waals surface area (Å²) in [7, 11) is 0. The predicted molar refractivity (Wildman–Crippen MR) is 115 cm³/mol. The zero-order valence-corrected chi connectivity index (χ0v) is 17.3. The van der Waals surface area contributed by atoms with Crippen molar-refractivity contribution in [2.24, 2.45) is 4.99 Å². The molecule has 0 N–H and O–H groups in total. The Labute approximate surface area is 172 Å². The normalized spacial score (nSPS) is 14.3. The molecule has 1 aromatic heterocycles. The van der Waals surface area contributed by atoms with E-state index < -0.39 is 0 Å². The maximum atomic E-state index is 12.5. The van der Waals surface area contributed by atoms with Crippen LogP contribution in [0.25, 0.3) is 0 Å².